The molecule has 1 heterocycles. The van der Waals surface area contributed by atoms with Crippen LogP contribution in [0.25, 0.3) is 0 Å². The third kappa shape index (κ3) is 4.33. The fraction of sp³-hybridized carbons (Fsp3) is 0.312. The van der Waals surface area contributed by atoms with Crippen molar-refractivity contribution in [2.24, 2.45) is 0 Å². The Morgan fingerprint density at radius 3 is 2.74 bits per heavy atom. The van der Waals surface area contributed by atoms with Gasteiger partial charge >= 0.3 is 5.97 Å². The van der Waals surface area contributed by atoms with E-state index in [0.717, 1.165) is 22.0 Å². The quantitative estimate of drug-likeness (QED) is 0.630. The van der Waals surface area contributed by atoms with Crippen molar-refractivity contribution in [1.29, 1.82) is 0 Å². The summed E-state index contributed by atoms with van der Waals surface area (Å²) >= 11 is 2.73. The second kappa shape index (κ2) is 8.12. The molecule has 1 aromatic carbocycles. The Morgan fingerprint density at radius 1 is 1.30 bits per heavy atom. The molecule has 122 valence electrons. The molecule has 0 unspecified atom stereocenters. The number of thioether (sulfide) groups is 1. The van der Waals surface area contributed by atoms with E-state index in [0.29, 0.717) is 27.9 Å². The number of benzene rings is 1. The van der Waals surface area contributed by atoms with Gasteiger partial charge in [-0.3, -0.25) is 10.1 Å². The zero-order chi connectivity index (χ0) is 16.8. The first-order valence-electron chi connectivity index (χ1n) is 7.24. The van der Waals surface area contributed by atoms with Crippen molar-refractivity contribution in [3.05, 3.63) is 40.4 Å². The van der Waals surface area contributed by atoms with Gasteiger partial charge in [-0.1, -0.05) is 30.4 Å². The van der Waals surface area contributed by atoms with Crippen LogP contribution < -0.4 is 5.32 Å². The average Bonchev–Trinajstić information content (AvgIpc) is 2.89. The number of hydrogen-bond donors (Lipinski definition) is 1. The van der Waals surface area contributed by atoms with E-state index in [4.69, 9.17) is 4.74 Å². The van der Waals surface area contributed by atoms with E-state index in [2.05, 4.69) is 10.3 Å². The van der Waals surface area contributed by atoms with Crippen molar-refractivity contribution in [3.8, 4) is 0 Å². The smallest absolute Gasteiger partial charge is 0.350 e. The van der Waals surface area contributed by atoms with Crippen LogP contribution >= 0.6 is 23.1 Å². The van der Waals surface area contributed by atoms with Gasteiger partial charge in [0.1, 0.15) is 4.88 Å². The van der Waals surface area contributed by atoms with Crippen LogP contribution in [0.3, 0.4) is 0 Å². The number of carbonyl (C=O) groups excluding carboxylic acids is 2. The normalized spacial score (nSPS) is 10.4. The van der Waals surface area contributed by atoms with Gasteiger partial charge in [-0.05, 0) is 31.7 Å². The Bertz CT molecular complexity index is 713. The molecule has 0 bridgehead atoms. The molecular weight excluding hydrogens is 332 g/mol. The molecule has 0 aliphatic rings. The van der Waals surface area contributed by atoms with E-state index < -0.39 is 5.97 Å². The van der Waals surface area contributed by atoms with Gasteiger partial charge in [0.25, 0.3) is 5.91 Å². The summed E-state index contributed by atoms with van der Waals surface area (Å²) in [6.07, 6.45) is 0. The van der Waals surface area contributed by atoms with E-state index in [1.54, 1.807) is 31.7 Å². The molecule has 7 heteroatoms. The van der Waals surface area contributed by atoms with Gasteiger partial charge < -0.3 is 4.74 Å². The van der Waals surface area contributed by atoms with Gasteiger partial charge in [-0.2, -0.15) is 0 Å². The molecule has 0 spiro atoms. The zero-order valence-electron chi connectivity index (χ0n) is 13.2. The Kier molecular flexibility index (Phi) is 6.18. The molecule has 1 N–H and O–H groups in total. The number of thiazole rings is 1. The number of aryl methyl sites for hydroxylation is 1. The van der Waals surface area contributed by atoms with E-state index >= 15 is 0 Å². The first kappa shape index (κ1) is 17.5. The van der Waals surface area contributed by atoms with E-state index in [1.807, 2.05) is 25.1 Å². The van der Waals surface area contributed by atoms with Crippen molar-refractivity contribution in [3.63, 3.8) is 0 Å². The van der Waals surface area contributed by atoms with Crippen LogP contribution in [0.15, 0.2) is 29.2 Å². The van der Waals surface area contributed by atoms with Crippen LogP contribution in [-0.2, 0) is 4.74 Å². The fourth-order valence-electron chi connectivity index (χ4n) is 1.94. The number of hydrogen-bond acceptors (Lipinski definition) is 6. The maximum absolute atomic E-state index is 12.5. The molecule has 0 atom stereocenters. The van der Waals surface area contributed by atoms with Crippen molar-refractivity contribution in [1.82, 2.24) is 4.98 Å². The van der Waals surface area contributed by atoms with Gasteiger partial charge in [-0.15, -0.1) is 11.8 Å². The maximum atomic E-state index is 12.5. The second-order valence-corrected chi connectivity index (χ2v) is 6.84. The number of amides is 1. The number of nitrogens with zero attached hydrogens (tertiary/aromatic N) is 1. The van der Waals surface area contributed by atoms with Gasteiger partial charge in [0, 0.05) is 4.90 Å². The lowest BCUT2D eigenvalue weighted by Gasteiger charge is -2.07. The molecule has 0 saturated carbocycles. The Balaban J connectivity index is 2.18. The highest BCUT2D eigenvalue weighted by Gasteiger charge is 2.18. The third-order valence-corrected chi connectivity index (χ3v) is 4.92. The number of anilines is 1. The molecule has 23 heavy (non-hydrogen) atoms. The van der Waals surface area contributed by atoms with Crippen molar-refractivity contribution in [2.45, 2.75) is 25.7 Å². The number of esters is 1. The molecule has 1 amide bonds. The number of rotatable bonds is 6. The summed E-state index contributed by atoms with van der Waals surface area (Å²) in [5.41, 5.74) is 1.16. The molecule has 2 aromatic rings. The van der Waals surface area contributed by atoms with Crippen LogP contribution in [0.4, 0.5) is 5.13 Å². The summed E-state index contributed by atoms with van der Waals surface area (Å²) in [6.45, 7) is 5.81. The van der Waals surface area contributed by atoms with Crippen LogP contribution in [0.5, 0.6) is 0 Å². The molecule has 1 aromatic heterocycles. The monoisotopic (exact) mass is 350 g/mol. The molecule has 0 radical (unpaired) electrons. The predicted molar refractivity (Wildman–Crippen MR) is 93.6 cm³/mol. The largest absolute Gasteiger partial charge is 0.462 e. The summed E-state index contributed by atoms with van der Waals surface area (Å²) in [6, 6.07) is 7.42. The first-order valence-corrected chi connectivity index (χ1v) is 9.04. The molecular formula is C16H18N2O3S2. The molecule has 2 rings (SSSR count). The summed E-state index contributed by atoms with van der Waals surface area (Å²) in [7, 11) is 0. The van der Waals surface area contributed by atoms with Gasteiger partial charge in [-0.25, -0.2) is 9.78 Å². The Morgan fingerprint density at radius 2 is 2.04 bits per heavy atom. The predicted octanol–water partition coefficient (Wildman–Crippen LogP) is 3.99. The minimum Gasteiger partial charge on any atom is -0.462 e. The second-order valence-electron chi connectivity index (χ2n) is 4.54. The topological polar surface area (TPSA) is 68.3 Å². The molecule has 5 nitrogen and oxygen atoms in total. The molecule has 0 aliphatic heterocycles. The average molecular weight is 350 g/mol. The lowest BCUT2D eigenvalue weighted by atomic mass is 10.2. The lowest BCUT2D eigenvalue weighted by molar-refractivity contribution is 0.0531. The summed E-state index contributed by atoms with van der Waals surface area (Å²) in [5, 5.41) is 3.16. The number of aromatic nitrogens is 1. The summed E-state index contributed by atoms with van der Waals surface area (Å²) in [5.74, 6) is 0.240. The Hall–Kier alpha value is -1.86. The minimum atomic E-state index is -0.412. The number of ether oxygens (including phenoxy) is 1. The third-order valence-electron chi connectivity index (χ3n) is 2.91. The van der Waals surface area contributed by atoms with Crippen molar-refractivity contribution < 1.29 is 14.3 Å². The lowest BCUT2D eigenvalue weighted by Crippen LogP contribution is -2.12. The highest BCUT2D eigenvalue weighted by molar-refractivity contribution is 7.99. The van der Waals surface area contributed by atoms with Crippen LogP contribution in [0.2, 0.25) is 0 Å². The summed E-state index contributed by atoms with van der Waals surface area (Å²) in [4.78, 5) is 29.8. The van der Waals surface area contributed by atoms with E-state index in [9.17, 15) is 9.59 Å². The highest BCUT2D eigenvalue weighted by Crippen LogP contribution is 2.26. The van der Waals surface area contributed by atoms with Crippen LogP contribution in [0, 0.1) is 6.92 Å². The zero-order valence-corrected chi connectivity index (χ0v) is 14.8. The molecule has 0 fully saturated rings. The number of carbonyl (C=O) groups is 2. The van der Waals surface area contributed by atoms with Gasteiger partial charge in [0.2, 0.25) is 0 Å². The van der Waals surface area contributed by atoms with Crippen molar-refractivity contribution >= 4 is 40.1 Å². The highest BCUT2D eigenvalue weighted by atomic mass is 32.2. The Labute approximate surface area is 143 Å². The van der Waals surface area contributed by atoms with Crippen molar-refractivity contribution in [2.75, 3.05) is 17.7 Å². The van der Waals surface area contributed by atoms with E-state index in [-0.39, 0.29) is 5.91 Å². The number of nitrogens with one attached hydrogen (secondary N) is 1. The minimum absolute atomic E-state index is 0.231. The van der Waals surface area contributed by atoms with Gasteiger partial charge in [0.05, 0.1) is 17.9 Å². The van der Waals surface area contributed by atoms with Crippen LogP contribution in [0.1, 0.15) is 39.6 Å². The molecule has 0 aliphatic carbocycles. The van der Waals surface area contributed by atoms with Crippen LogP contribution in [-0.4, -0.2) is 29.2 Å². The maximum Gasteiger partial charge on any atom is 0.350 e. The summed E-state index contributed by atoms with van der Waals surface area (Å²) < 4.78 is 4.98. The molecule has 0 saturated heterocycles. The van der Waals surface area contributed by atoms with E-state index in [1.165, 1.54) is 0 Å². The first-order chi connectivity index (χ1) is 11.1. The SMILES string of the molecule is CCOC(=O)c1sc(NC(=O)c2ccccc2SCC)nc1C. The fourth-order valence-corrected chi connectivity index (χ4v) is 3.59. The standard InChI is InChI=1S/C16H18N2O3S2/c1-4-21-15(20)13-10(3)17-16(23-13)18-14(19)11-8-6-7-9-12(11)22-5-2/h6-9H,4-5H2,1-3H3,(H,17,18,19). The van der Waals surface area contributed by atoms with Gasteiger partial charge in [0.15, 0.2) is 5.13 Å².